The van der Waals surface area contributed by atoms with E-state index >= 15 is 0 Å². The van der Waals surface area contributed by atoms with E-state index in [0.29, 0.717) is 5.76 Å². The first-order valence-electron chi connectivity index (χ1n) is 3.79. The second-order valence-electron chi connectivity index (χ2n) is 2.40. The van der Waals surface area contributed by atoms with Crippen molar-refractivity contribution < 1.29 is 9.21 Å². The molecule has 2 amide bonds. The van der Waals surface area contributed by atoms with Crippen molar-refractivity contribution in [3.8, 4) is 0 Å². The summed E-state index contributed by atoms with van der Waals surface area (Å²) in [5.74, 6) is 1.41. The minimum Gasteiger partial charge on any atom is -0.460 e. The van der Waals surface area contributed by atoms with Gasteiger partial charge in [0.2, 0.25) is 0 Å². The summed E-state index contributed by atoms with van der Waals surface area (Å²) in [6.07, 6.45) is 1.43. The molecule has 0 bridgehead atoms. The number of amides is 2. The Morgan fingerprint density at radius 2 is 2.38 bits per heavy atom. The van der Waals surface area contributed by atoms with Crippen LogP contribution in [0.4, 0.5) is 4.79 Å². The van der Waals surface area contributed by atoms with Gasteiger partial charge in [0.05, 0.1) is 6.21 Å². The van der Waals surface area contributed by atoms with Gasteiger partial charge in [-0.25, -0.2) is 10.2 Å². The fraction of sp³-hybridized carbons (Fsp3) is 0.250. The van der Waals surface area contributed by atoms with Crippen molar-refractivity contribution in [3.05, 3.63) is 23.7 Å². The van der Waals surface area contributed by atoms with E-state index in [1.807, 2.05) is 13.0 Å². The number of hydrazone groups is 1. The molecule has 0 spiro atoms. The zero-order valence-corrected chi connectivity index (χ0v) is 7.50. The highest BCUT2D eigenvalue weighted by Crippen LogP contribution is 2.02. The van der Waals surface area contributed by atoms with Gasteiger partial charge in [-0.2, -0.15) is 5.10 Å². The number of carbonyl (C=O) groups is 1. The molecule has 1 aromatic rings. The maximum Gasteiger partial charge on any atom is 0.334 e. The largest absolute Gasteiger partial charge is 0.460 e. The van der Waals surface area contributed by atoms with Crippen LogP contribution in [0.3, 0.4) is 0 Å². The highest BCUT2D eigenvalue weighted by atomic mass is 16.3. The Labute approximate surface area is 75.8 Å². The van der Waals surface area contributed by atoms with Gasteiger partial charge in [-0.1, -0.05) is 0 Å². The fourth-order valence-corrected chi connectivity index (χ4v) is 0.733. The van der Waals surface area contributed by atoms with E-state index in [1.165, 1.54) is 13.3 Å². The predicted molar refractivity (Wildman–Crippen MR) is 48.6 cm³/mol. The number of rotatable bonds is 2. The van der Waals surface area contributed by atoms with Gasteiger partial charge in [-0.05, 0) is 19.1 Å². The van der Waals surface area contributed by atoms with Crippen LogP contribution in [0, 0.1) is 6.92 Å². The summed E-state index contributed by atoms with van der Waals surface area (Å²) in [7, 11) is 1.52. The molecule has 0 saturated carbocycles. The van der Waals surface area contributed by atoms with Gasteiger partial charge in [0.15, 0.2) is 0 Å². The summed E-state index contributed by atoms with van der Waals surface area (Å²) in [5.41, 5.74) is 2.25. The number of furan rings is 1. The molecule has 5 nitrogen and oxygen atoms in total. The molecule has 70 valence electrons. The van der Waals surface area contributed by atoms with Crippen LogP contribution < -0.4 is 10.7 Å². The van der Waals surface area contributed by atoms with Crippen LogP contribution in [0.5, 0.6) is 0 Å². The third-order valence-electron chi connectivity index (χ3n) is 1.35. The topological polar surface area (TPSA) is 66.6 Å². The molecule has 1 heterocycles. The quantitative estimate of drug-likeness (QED) is 0.524. The molecule has 13 heavy (non-hydrogen) atoms. The lowest BCUT2D eigenvalue weighted by molar-refractivity contribution is 0.243. The lowest BCUT2D eigenvalue weighted by Gasteiger charge is -1.94. The Kier molecular flexibility index (Phi) is 3.08. The number of aryl methyl sites for hydroxylation is 1. The third kappa shape index (κ3) is 2.98. The molecule has 1 aromatic heterocycles. The van der Waals surface area contributed by atoms with Crippen molar-refractivity contribution in [2.75, 3.05) is 7.05 Å². The Hall–Kier alpha value is -1.78. The van der Waals surface area contributed by atoms with Crippen molar-refractivity contribution in [1.82, 2.24) is 10.7 Å². The second-order valence-corrected chi connectivity index (χ2v) is 2.40. The predicted octanol–water partition coefficient (Wildman–Crippen LogP) is 0.851. The normalized spacial score (nSPS) is 10.3. The van der Waals surface area contributed by atoms with E-state index in [2.05, 4.69) is 15.8 Å². The Balaban J connectivity index is 2.45. The standard InChI is InChI=1S/C8H11N3O2/c1-6-3-4-7(13-6)5-10-11-8(12)9-2/h3-5H,1-2H3,(H2,9,11,12). The van der Waals surface area contributed by atoms with Crippen LogP contribution in [0.2, 0.25) is 0 Å². The molecule has 1 rings (SSSR count). The molecule has 0 unspecified atom stereocenters. The van der Waals surface area contributed by atoms with Gasteiger partial charge < -0.3 is 9.73 Å². The first kappa shape index (κ1) is 9.31. The van der Waals surface area contributed by atoms with Gasteiger partial charge in [-0.15, -0.1) is 0 Å². The van der Waals surface area contributed by atoms with E-state index < -0.39 is 0 Å². The van der Waals surface area contributed by atoms with Crippen LogP contribution in [0.15, 0.2) is 21.7 Å². The summed E-state index contributed by atoms with van der Waals surface area (Å²) in [5, 5.41) is 6.01. The zero-order valence-electron chi connectivity index (χ0n) is 7.50. The van der Waals surface area contributed by atoms with Crippen molar-refractivity contribution in [2.24, 2.45) is 5.10 Å². The highest BCUT2D eigenvalue weighted by Gasteiger charge is 1.94. The van der Waals surface area contributed by atoms with Crippen molar-refractivity contribution in [2.45, 2.75) is 6.92 Å². The maximum absolute atomic E-state index is 10.6. The number of urea groups is 1. The molecule has 0 aromatic carbocycles. The van der Waals surface area contributed by atoms with Crippen molar-refractivity contribution in [3.63, 3.8) is 0 Å². The smallest absolute Gasteiger partial charge is 0.334 e. The maximum atomic E-state index is 10.6. The molecule has 0 aliphatic carbocycles. The summed E-state index contributed by atoms with van der Waals surface area (Å²) < 4.78 is 5.18. The van der Waals surface area contributed by atoms with E-state index in [4.69, 9.17) is 4.42 Å². The summed E-state index contributed by atoms with van der Waals surface area (Å²) in [6.45, 7) is 1.84. The zero-order chi connectivity index (χ0) is 9.68. The molecule has 5 heteroatoms. The molecule has 0 aliphatic heterocycles. The van der Waals surface area contributed by atoms with Gasteiger partial charge in [0.1, 0.15) is 11.5 Å². The first-order valence-corrected chi connectivity index (χ1v) is 3.79. The Morgan fingerprint density at radius 1 is 1.62 bits per heavy atom. The van der Waals surface area contributed by atoms with E-state index in [-0.39, 0.29) is 6.03 Å². The summed E-state index contributed by atoms with van der Waals surface area (Å²) >= 11 is 0. The first-order chi connectivity index (χ1) is 6.22. The number of nitrogens with one attached hydrogen (secondary N) is 2. The van der Waals surface area contributed by atoms with E-state index in [0.717, 1.165) is 5.76 Å². The van der Waals surface area contributed by atoms with Crippen LogP contribution >= 0.6 is 0 Å². The second kappa shape index (κ2) is 4.30. The SMILES string of the molecule is CNC(=O)NN=Cc1ccc(C)o1. The monoisotopic (exact) mass is 181 g/mol. The van der Waals surface area contributed by atoms with Gasteiger partial charge in [0, 0.05) is 7.05 Å². The van der Waals surface area contributed by atoms with Crippen LogP contribution in [0.1, 0.15) is 11.5 Å². The van der Waals surface area contributed by atoms with E-state index in [9.17, 15) is 4.79 Å². The highest BCUT2D eigenvalue weighted by molar-refractivity contribution is 5.79. The number of nitrogens with zero attached hydrogens (tertiary/aromatic N) is 1. The van der Waals surface area contributed by atoms with Gasteiger partial charge in [-0.3, -0.25) is 0 Å². The molecule has 0 saturated heterocycles. The number of hydrogen-bond donors (Lipinski definition) is 2. The molecule has 0 radical (unpaired) electrons. The lowest BCUT2D eigenvalue weighted by Crippen LogP contribution is -2.28. The van der Waals surface area contributed by atoms with Crippen molar-refractivity contribution in [1.29, 1.82) is 0 Å². The molecule has 0 fully saturated rings. The number of carbonyl (C=O) groups excluding carboxylic acids is 1. The minimum atomic E-state index is -0.362. The van der Waals surface area contributed by atoms with E-state index in [1.54, 1.807) is 6.07 Å². The molecule has 0 atom stereocenters. The minimum absolute atomic E-state index is 0.362. The summed E-state index contributed by atoms with van der Waals surface area (Å²) in [6, 6.07) is 3.23. The Morgan fingerprint density at radius 3 is 2.92 bits per heavy atom. The number of hydrogen-bond acceptors (Lipinski definition) is 3. The Bertz CT molecular complexity index is 317. The van der Waals surface area contributed by atoms with Crippen LogP contribution in [0.25, 0.3) is 0 Å². The average molecular weight is 181 g/mol. The lowest BCUT2D eigenvalue weighted by atomic mass is 10.4. The molecule has 0 aliphatic rings. The molecular formula is C8H11N3O2. The van der Waals surface area contributed by atoms with Crippen molar-refractivity contribution >= 4 is 12.2 Å². The summed E-state index contributed by atoms with van der Waals surface area (Å²) in [4.78, 5) is 10.6. The molecular weight excluding hydrogens is 170 g/mol. The van der Waals surface area contributed by atoms with Crippen LogP contribution in [-0.4, -0.2) is 19.3 Å². The molecule has 2 N–H and O–H groups in total. The third-order valence-corrected chi connectivity index (χ3v) is 1.35. The average Bonchev–Trinajstić information content (AvgIpc) is 2.51. The van der Waals surface area contributed by atoms with Crippen LogP contribution in [-0.2, 0) is 0 Å². The van der Waals surface area contributed by atoms with Gasteiger partial charge in [0.25, 0.3) is 0 Å². The van der Waals surface area contributed by atoms with Gasteiger partial charge >= 0.3 is 6.03 Å². The fourth-order valence-electron chi connectivity index (χ4n) is 0.733.